The lowest BCUT2D eigenvalue weighted by Crippen LogP contribution is -2.31. The summed E-state index contributed by atoms with van der Waals surface area (Å²) in [4.78, 5) is 23.1. The highest BCUT2D eigenvalue weighted by Gasteiger charge is 2.13. The molecule has 0 atom stereocenters. The van der Waals surface area contributed by atoms with E-state index in [9.17, 15) is 4.79 Å². The maximum absolute atomic E-state index is 11.9. The van der Waals surface area contributed by atoms with Crippen molar-refractivity contribution in [3.05, 3.63) is 42.2 Å². The molecule has 1 amide bonds. The molecule has 3 aromatic rings. The van der Waals surface area contributed by atoms with Gasteiger partial charge in [-0.05, 0) is 32.4 Å². The fourth-order valence-corrected chi connectivity index (χ4v) is 4.35. The maximum atomic E-state index is 11.9. The number of amides is 1. The Balaban J connectivity index is 1.90. The second kappa shape index (κ2) is 7.32. The summed E-state index contributed by atoms with van der Waals surface area (Å²) < 4.78 is 0. The molecule has 0 bridgehead atoms. The average molecular weight is 358 g/mol. The molecule has 4 nitrogen and oxygen atoms in total. The van der Waals surface area contributed by atoms with Gasteiger partial charge in [0.05, 0.1) is 5.75 Å². The van der Waals surface area contributed by atoms with E-state index in [1.807, 2.05) is 39.0 Å². The Labute approximate surface area is 149 Å². The van der Waals surface area contributed by atoms with Crippen LogP contribution < -0.4 is 5.32 Å². The standard InChI is InChI=1S/C18H19N3OS2/c1-11(2)19-16(22)10-23-17-14-9-15(13-7-5-4-6-8-13)24-18(14)21-12(3)20-17/h4-9,11H,10H2,1-3H3,(H,19,22). The molecule has 0 aliphatic carbocycles. The molecular weight excluding hydrogens is 338 g/mol. The summed E-state index contributed by atoms with van der Waals surface area (Å²) in [6.45, 7) is 5.81. The minimum Gasteiger partial charge on any atom is -0.353 e. The van der Waals surface area contributed by atoms with Crippen LogP contribution in [0.5, 0.6) is 0 Å². The van der Waals surface area contributed by atoms with Gasteiger partial charge in [0.15, 0.2) is 0 Å². The third-order valence-electron chi connectivity index (χ3n) is 3.32. The summed E-state index contributed by atoms with van der Waals surface area (Å²) in [5.74, 6) is 1.12. The SMILES string of the molecule is Cc1nc(SCC(=O)NC(C)C)c2cc(-c3ccccc3)sc2n1. The molecule has 24 heavy (non-hydrogen) atoms. The molecule has 1 N–H and O–H groups in total. The van der Waals surface area contributed by atoms with Crippen molar-refractivity contribution in [3.63, 3.8) is 0 Å². The molecule has 0 saturated heterocycles. The minimum absolute atomic E-state index is 0.0259. The largest absolute Gasteiger partial charge is 0.353 e. The first-order valence-corrected chi connectivity index (χ1v) is 9.59. The van der Waals surface area contributed by atoms with Gasteiger partial charge in [0.2, 0.25) is 5.91 Å². The van der Waals surface area contributed by atoms with Crippen molar-refractivity contribution < 1.29 is 4.79 Å². The topological polar surface area (TPSA) is 54.9 Å². The smallest absolute Gasteiger partial charge is 0.230 e. The number of benzene rings is 1. The summed E-state index contributed by atoms with van der Waals surface area (Å²) in [6, 6.07) is 12.5. The molecule has 0 fully saturated rings. The third-order valence-corrected chi connectivity index (χ3v) is 5.39. The second-order valence-electron chi connectivity index (χ2n) is 5.78. The van der Waals surface area contributed by atoms with Crippen LogP contribution in [0.4, 0.5) is 0 Å². The van der Waals surface area contributed by atoms with Crippen LogP contribution in [-0.4, -0.2) is 27.7 Å². The van der Waals surface area contributed by atoms with Crippen molar-refractivity contribution in [1.29, 1.82) is 0 Å². The van der Waals surface area contributed by atoms with Gasteiger partial charge in [-0.3, -0.25) is 4.79 Å². The van der Waals surface area contributed by atoms with Gasteiger partial charge in [-0.1, -0.05) is 42.1 Å². The van der Waals surface area contributed by atoms with Gasteiger partial charge < -0.3 is 5.32 Å². The van der Waals surface area contributed by atoms with Crippen molar-refractivity contribution in [2.45, 2.75) is 31.8 Å². The van der Waals surface area contributed by atoms with E-state index in [1.165, 1.54) is 22.2 Å². The van der Waals surface area contributed by atoms with E-state index in [0.29, 0.717) is 5.75 Å². The first-order chi connectivity index (χ1) is 11.5. The number of thiophene rings is 1. The van der Waals surface area contributed by atoms with Gasteiger partial charge in [-0.2, -0.15) is 0 Å². The number of rotatable bonds is 5. The van der Waals surface area contributed by atoms with Crippen LogP contribution >= 0.6 is 23.1 Å². The fourth-order valence-electron chi connectivity index (χ4n) is 2.35. The fraction of sp³-hybridized carbons (Fsp3) is 0.278. The monoisotopic (exact) mass is 357 g/mol. The van der Waals surface area contributed by atoms with Crippen molar-refractivity contribution in [1.82, 2.24) is 15.3 Å². The Bertz CT molecular complexity index is 859. The summed E-state index contributed by atoms with van der Waals surface area (Å²) in [5.41, 5.74) is 1.17. The lowest BCUT2D eigenvalue weighted by Gasteiger charge is -2.08. The summed E-state index contributed by atoms with van der Waals surface area (Å²) in [7, 11) is 0. The van der Waals surface area contributed by atoms with E-state index < -0.39 is 0 Å². The lowest BCUT2D eigenvalue weighted by molar-refractivity contribution is -0.119. The predicted molar refractivity (Wildman–Crippen MR) is 102 cm³/mol. The number of aromatic nitrogens is 2. The molecule has 124 valence electrons. The van der Waals surface area contributed by atoms with Crippen molar-refractivity contribution in [2.24, 2.45) is 0 Å². The van der Waals surface area contributed by atoms with E-state index in [0.717, 1.165) is 21.1 Å². The van der Waals surface area contributed by atoms with Crippen LogP contribution in [0.25, 0.3) is 20.7 Å². The van der Waals surface area contributed by atoms with Crippen LogP contribution in [0.15, 0.2) is 41.4 Å². The summed E-state index contributed by atoms with van der Waals surface area (Å²) in [6.07, 6.45) is 0. The van der Waals surface area contributed by atoms with Crippen molar-refractivity contribution in [2.75, 3.05) is 5.75 Å². The van der Waals surface area contributed by atoms with E-state index >= 15 is 0 Å². The van der Waals surface area contributed by atoms with Gasteiger partial charge in [0.1, 0.15) is 15.7 Å². The zero-order chi connectivity index (χ0) is 17.1. The normalized spacial score (nSPS) is 11.2. The number of nitrogens with zero attached hydrogens (tertiary/aromatic N) is 2. The quantitative estimate of drug-likeness (QED) is 0.547. The number of hydrogen-bond acceptors (Lipinski definition) is 5. The molecule has 0 saturated carbocycles. The molecule has 6 heteroatoms. The van der Waals surface area contributed by atoms with Crippen LogP contribution in [0.1, 0.15) is 19.7 Å². The van der Waals surface area contributed by atoms with E-state index in [4.69, 9.17) is 0 Å². The van der Waals surface area contributed by atoms with Gasteiger partial charge in [0.25, 0.3) is 0 Å². The first-order valence-electron chi connectivity index (χ1n) is 7.78. The number of fused-ring (bicyclic) bond motifs is 1. The highest BCUT2D eigenvalue weighted by molar-refractivity contribution is 8.00. The van der Waals surface area contributed by atoms with Crippen LogP contribution in [0.2, 0.25) is 0 Å². The van der Waals surface area contributed by atoms with Crippen molar-refractivity contribution >= 4 is 39.2 Å². The van der Waals surface area contributed by atoms with E-state index in [2.05, 4.69) is 33.5 Å². The number of nitrogens with one attached hydrogen (secondary N) is 1. The Morgan fingerprint density at radius 2 is 2.00 bits per heavy atom. The lowest BCUT2D eigenvalue weighted by atomic mass is 10.2. The van der Waals surface area contributed by atoms with Crippen LogP contribution in [0, 0.1) is 6.92 Å². The molecule has 0 aliphatic heterocycles. The highest BCUT2D eigenvalue weighted by atomic mass is 32.2. The number of carbonyl (C=O) groups excluding carboxylic acids is 1. The number of hydrogen-bond donors (Lipinski definition) is 1. The van der Waals surface area contributed by atoms with Gasteiger partial charge >= 0.3 is 0 Å². The molecule has 2 heterocycles. The van der Waals surface area contributed by atoms with Crippen LogP contribution in [-0.2, 0) is 4.79 Å². The van der Waals surface area contributed by atoms with Gasteiger partial charge in [-0.25, -0.2) is 9.97 Å². The first kappa shape index (κ1) is 16.9. The molecule has 3 rings (SSSR count). The van der Waals surface area contributed by atoms with E-state index in [-0.39, 0.29) is 11.9 Å². The van der Waals surface area contributed by atoms with Gasteiger partial charge in [0, 0.05) is 16.3 Å². The number of aryl methyl sites for hydroxylation is 1. The molecular formula is C18H19N3OS2. The van der Waals surface area contributed by atoms with Crippen molar-refractivity contribution in [3.8, 4) is 10.4 Å². The minimum atomic E-state index is 0.0259. The molecule has 0 aliphatic rings. The van der Waals surface area contributed by atoms with E-state index in [1.54, 1.807) is 11.3 Å². The average Bonchev–Trinajstić information content (AvgIpc) is 2.96. The molecule has 0 radical (unpaired) electrons. The number of carbonyl (C=O) groups is 1. The Kier molecular flexibility index (Phi) is 5.16. The zero-order valence-electron chi connectivity index (χ0n) is 13.9. The molecule has 2 aromatic heterocycles. The predicted octanol–water partition coefficient (Wildman–Crippen LogP) is 4.28. The van der Waals surface area contributed by atoms with Gasteiger partial charge in [-0.15, -0.1) is 11.3 Å². The summed E-state index contributed by atoms with van der Waals surface area (Å²) >= 11 is 3.12. The Morgan fingerprint density at radius 3 is 2.71 bits per heavy atom. The Hall–Kier alpha value is -1.92. The third kappa shape index (κ3) is 3.94. The van der Waals surface area contributed by atoms with Crippen LogP contribution in [0.3, 0.4) is 0 Å². The summed E-state index contributed by atoms with van der Waals surface area (Å²) in [5, 5.41) is 4.80. The number of thioether (sulfide) groups is 1. The zero-order valence-corrected chi connectivity index (χ0v) is 15.5. The molecule has 0 spiro atoms. The second-order valence-corrected chi connectivity index (χ2v) is 7.78. The molecule has 1 aromatic carbocycles. The molecule has 0 unspecified atom stereocenters. The Morgan fingerprint density at radius 1 is 1.25 bits per heavy atom. The maximum Gasteiger partial charge on any atom is 0.230 e. The highest BCUT2D eigenvalue weighted by Crippen LogP contribution is 2.36.